The first-order valence-electron chi connectivity index (χ1n) is 11.4. The molecule has 2 aromatic heterocycles. The van der Waals surface area contributed by atoms with Crippen molar-refractivity contribution in [1.82, 2.24) is 19.6 Å². The van der Waals surface area contributed by atoms with Crippen LogP contribution in [0.15, 0.2) is 53.9 Å². The number of nitrogens with one attached hydrogen (secondary N) is 2. The molecule has 0 aromatic carbocycles. The van der Waals surface area contributed by atoms with E-state index in [0.717, 1.165) is 46.1 Å². The topological polar surface area (TPSA) is 66.2 Å². The number of piperidine rings is 1. The smallest absolute Gasteiger partial charge is 0.0879 e. The van der Waals surface area contributed by atoms with Crippen LogP contribution in [0.3, 0.4) is 0 Å². The highest BCUT2D eigenvalue weighted by Crippen LogP contribution is 2.43. The van der Waals surface area contributed by atoms with Gasteiger partial charge in [-0.2, -0.15) is 0 Å². The molecular formula is C25H31N5S. The van der Waals surface area contributed by atoms with Crippen LogP contribution in [0.5, 0.6) is 0 Å². The summed E-state index contributed by atoms with van der Waals surface area (Å²) in [7, 11) is 0. The molecule has 3 aliphatic heterocycles. The van der Waals surface area contributed by atoms with Gasteiger partial charge in [0.15, 0.2) is 0 Å². The standard InChI is InChI=1S/C25H31N5S/c1-3-12-31-30-11-5-6-19(16-30)14-25(17-29-25)24-20(7-4-9-27-24)21-15-28-22-8-10-26-23(22)13-18(21)2/h4,7-10,13,15,19,26,29H,2-3,5-6,11-12,14,16-17H2,1H3/t19-,25?/m1/s1. The fourth-order valence-corrected chi connectivity index (χ4v) is 5.87. The molecule has 0 radical (unpaired) electrons. The Bertz CT molecular complexity index is 1110. The van der Waals surface area contributed by atoms with Gasteiger partial charge in [-0.15, -0.1) is 0 Å². The highest BCUT2D eigenvalue weighted by Gasteiger charge is 2.48. The van der Waals surface area contributed by atoms with Gasteiger partial charge >= 0.3 is 0 Å². The minimum absolute atomic E-state index is 0.0264. The predicted molar refractivity (Wildman–Crippen MR) is 129 cm³/mol. The number of rotatable bonds is 7. The molecule has 31 heavy (non-hydrogen) atoms. The Labute approximate surface area is 188 Å². The maximum atomic E-state index is 4.90. The number of H-pyrrole nitrogens is 1. The monoisotopic (exact) mass is 433 g/mol. The molecule has 5 nitrogen and oxygen atoms in total. The van der Waals surface area contributed by atoms with Gasteiger partial charge < -0.3 is 10.3 Å². The summed E-state index contributed by atoms with van der Waals surface area (Å²) in [5, 5.41) is 5.66. The van der Waals surface area contributed by atoms with E-state index in [0.29, 0.717) is 5.92 Å². The van der Waals surface area contributed by atoms with Gasteiger partial charge in [0.05, 0.1) is 21.9 Å². The number of hydrogen-bond acceptors (Lipinski definition) is 5. The van der Waals surface area contributed by atoms with E-state index in [1.807, 2.05) is 42.7 Å². The van der Waals surface area contributed by atoms with Gasteiger partial charge in [0.25, 0.3) is 0 Å². The molecule has 5 rings (SSSR count). The van der Waals surface area contributed by atoms with Crippen molar-refractivity contribution in [3.63, 3.8) is 0 Å². The van der Waals surface area contributed by atoms with Crippen LogP contribution >= 0.6 is 11.9 Å². The zero-order chi connectivity index (χ0) is 21.3. The van der Waals surface area contributed by atoms with E-state index in [1.54, 1.807) is 0 Å². The number of fused-ring (bicyclic) bond motifs is 1. The quantitative estimate of drug-likeness (QED) is 0.519. The maximum Gasteiger partial charge on any atom is 0.0879 e. The van der Waals surface area contributed by atoms with E-state index in [2.05, 4.69) is 40.3 Å². The van der Waals surface area contributed by atoms with Crippen molar-refractivity contribution in [3.05, 3.63) is 70.9 Å². The summed E-state index contributed by atoms with van der Waals surface area (Å²) in [5.41, 5.74) is 4.30. The first-order valence-corrected chi connectivity index (χ1v) is 12.3. The molecule has 2 fully saturated rings. The van der Waals surface area contributed by atoms with Gasteiger partial charge in [0.2, 0.25) is 0 Å². The lowest BCUT2D eigenvalue weighted by atomic mass is 9.83. The normalized spacial score (nSPS) is 25.8. The van der Waals surface area contributed by atoms with Gasteiger partial charge in [0.1, 0.15) is 0 Å². The Balaban J connectivity index is 1.41. The zero-order valence-electron chi connectivity index (χ0n) is 18.2. The molecule has 0 saturated carbocycles. The predicted octanol–water partition coefficient (Wildman–Crippen LogP) is 3.38. The number of allylic oxidation sites excluding steroid dienone is 2. The van der Waals surface area contributed by atoms with Gasteiger partial charge in [0, 0.05) is 55.1 Å². The van der Waals surface area contributed by atoms with Crippen LogP contribution in [0, 0.1) is 5.92 Å². The van der Waals surface area contributed by atoms with Gasteiger partial charge in [-0.3, -0.25) is 14.3 Å². The molecule has 0 bridgehead atoms. The third-order valence-corrected chi connectivity index (χ3v) is 7.79. The summed E-state index contributed by atoms with van der Waals surface area (Å²) in [6.07, 6.45) is 12.9. The Morgan fingerprint density at radius 3 is 3.10 bits per heavy atom. The average Bonchev–Trinajstić information content (AvgIpc) is 3.47. The second kappa shape index (κ2) is 8.77. The highest BCUT2D eigenvalue weighted by molar-refractivity contribution is 7.97. The summed E-state index contributed by atoms with van der Waals surface area (Å²) in [4.78, 5) is 12.9. The number of hydrogen-bond donors (Lipinski definition) is 2. The average molecular weight is 434 g/mol. The molecule has 0 amide bonds. The third kappa shape index (κ3) is 4.29. The van der Waals surface area contributed by atoms with E-state index >= 15 is 0 Å². The molecule has 2 atom stereocenters. The summed E-state index contributed by atoms with van der Waals surface area (Å²) in [5.74, 6) is 1.92. The van der Waals surface area contributed by atoms with Gasteiger partial charge in [-0.05, 0) is 55.4 Å². The molecule has 0 aliphatic carbocycles. The van der Waals surface area contributed by atoms with Crippen molar-refractivity contribution in [1.29, 1.82) is 0 Å². The van der Waals surface area contributed by atoms with Crippen molar-refractivity contribution in [2.75, 3.05) is 25.4 Å². The Morgan fingerprint density at radius 2 is 2.26 bits per heavy atom. The SMILES string of the molecule is C=C1C=c2[nH]ccc2=NC=C1c1cccnc1C1(C[C@H]2CCCN(SCCC)C2)CN1. The minimum Gasteiger partial charge on any atom is -0.360 e. The lowest BCUT2D eigenvalue weighted by molar-refractivity contribution is 0.253. The van der Waals surface area contributed by atoms with Crippen molar-refractivity contribution in [2.45, 2.75) is 38.1 Å². The minimum atomic E-state index is -0.0264. The zero-order valence-corrected chi connectivity index (χ0v) is 19.0. The van der Waals surface area contributed by atoms with E-state index in [9.17, 15) is 0 Å². The Morgan fingerprint density at radius 1 is 1.35 bits per heavy atom. The van der Waals surface area contributed by atoms with Crippen molar-refractivity contribution in [3.8, 4) is 0 Å². The van der Waals surface area contributed by atoms with Gasteiger partial charge in [-0.1, -0.05) is 31.5 Å². The van der Waals surface area contributed by atoms with Gasteiger partial charge in [-0.25, -0.2) is 0 Å². The first-order chi connectivity index (χ1) is 15.2. The van der Waals surface area contributed by atoms with E-state index in [4.69, 9.17) is 9.98 Å². The van der Waals surface area contributed by atoms with Crippen LogP contribution in [-0.2, 0) is 5.54 Å². The molecule has 2 aromatic rings. The lowest BCUT2D eigenvalue weighted by Gasteiger charge is -2.33. The molecule has 2 N–H and O–H groups in total. The van der Waals surface area contributed by atoms with Crippen LogP contribution in [-0.4, -0.2) is 39.7 Å². The van der Waals surface area contributed by atoms with Crippen molar-refractivity contribution < 1.29 is 0 Å². The second-order valence-corrected chi connectivity index (χ2v) is 10.1. The fourth-order valence-electron chi connectivity index (χ4n) is 4.86. The molecule has 3 aliphatic rings. The number of nitrogens with zero attached hydrogens (tertiary/aromatic N) is 3. The molecule has 1 unspecified atom stereocenters. The van der Waals surface area contributed by atoms with Crippen molar-refractivity contribution >= 4 is 23.6 Å². The maximum absolute atomic E-state index is 4.90. The van der Waals surface area contributed by atoms with Crippen LogP contribution < -0.4 is 16.0 Å². The summed E-state index contributed by atoms with van der Waals surface area (Å²) in [6, 6.07) is 6.20. The first kappa shape index (κ1) is 20.7. The largest absolute Gasteiger partial charge is 0.360 e. The third-order valence-electron chi connectivity index (χ3n) is 6.50. The molecule has 162 valence electrons. The second-order valence-electron chi connectivity index (χ2n) is 8.89. The van der Waals surface area contributed by atoms with Crippen LogP contribution in [0.4, 0.5) is 0 Å². The fraction of sp³-hybridized carbons (Fsp3) is 0.440. The summed E-state index contributed by atoms with van der Waals surface area (Å²) in [6.45, 7) is 10.0. The Kier molecular flexibility index (Phi) is 5.87. The lowest BCUT2D eigenvalue weighted by Crippen LogP contribution is -2.34. The van der Waals surface area contributed by atoms with Crippen molar-refractivity contribution in [2.24, 2.45) is 10.9 Å². The highest BCUT2D eigenvalue weighted by atomic mass is 32.2. The van der Waals surface area contributed by atoms with E-state index < -0.39 is 0 Å². The summed E-state index contributed by atoms with van der Waals surface area (Å²) >= 11 is 2.02. The van der Waals surface area contributed by atoms with E-state index in [1.165, 1.54) is 38.1 Å². The molecule has 2 saturated heterocycles. The van der Waals surface area contributed by atoms with Crippen LogP contribution in [0.1, 0.15) is 43.9 Å². The number of pyridine rings is 1. The molecule has 0 spiro atoms. The number of aromatic nitrogens is 2. The molecular weight excluding hydrogens is 402 g/mol. The molecule has 5 heterocycles. The number of aromatic amines is 1. The molecule has 6 heteroatoms. The van der Waals surface area contributed by atoms with Crippen LogP contribution in [0.2, 0.25) is 0 Å². The summed E-state index contributed by atoms with van der Waals surface area (Å²) < 4.78 is 2.59. The van der Waals surface area contributed by atoms with E-state index in [-0.39, 0.29) is 5.54 Å². The Hall–Kier alpha value is -2.15. The van der Waals surface area contributed by atoms with Crippen LogP contribution in [0.25, 0.3) is 11.6 Å².